The Bertz CT molecular complexity index is 906. The van der Waals surface area contributed by atoms with Crippen molar-refractivity contribution in [3.63, 3.8) is 0 Å². The topological polar surface area (TPSA) is 91.0 Å². The number of rotatable bonds is 3. The number of ether oxygens (including phenoxy) is 2. The molecule has 0 bridgehead atoms. The number of non-ortho nitro benzene ring substituents is 1. The average molecular weight is 352 g/mol. The first kappa shape index (κ1) is 16.3. The standard InChI is InChI=1S/C19H16N2O5/c1-25-19(22)16-14-10-26-15-5-3-2-4-13(15)18(14)20-17(16)11-6-8-12(9-7-11)21(23)24/h2-9,14,16-17H,10H2,1H3. The number of hydrogen-bond donors (Lipinski definition) is 0. The van der Waals surface area contributed by atoms with E-state index < -0.39 is 16.9 Å². The molecular formula is C19H16N2O5. The summed E-state index contributed by atoms with van der Waals surface area (Å²) in [5.74, 6) is -0.349. The smallest absolute Gasteiger partial charge is 0.312 e. The van der Waals surface area contributed by atoms with Crippen LogP contribution in [0.1, 0.15) is 17.2 Å². The van der Waals surface area contributed by atoms with Crippen molar-refractivity contribution in [3.05, 3.63) is 69.8 Å². The number of hydrogen-bond acceptors (Lipinski definition) is 6. The summed E-state index contributed by atoms with van der Waals surface area (Å²) >= 11 is 0. The van der Waals surface area contributed by atoms with Crippen LogP contribution in [-0.4, -0.2) is 30.3 Å². The van der Waals surface area contributed by atoms with E-state index in [2.05, 4.69) is 0 Å². The molecule has 2 aromatic rings. The third-order valence-electron chi connectivity index (χ3n) is 4.90. The third-order valence-corrected chi connectivity index (χ3v) is 4.90. The average Bonchev–Trinajstić information content (AvgIpc) is 3.07. The number of benzene rings is 2. The summed E-state index contributed by atoms with van der Waals surface area (Å²) in [6.45, 7) is 0.346. The van der Waals surface area contributed by atoms with Gasteiger partial charge in [-0.3, -0.25) is 19.9 Å². The molecule has 0 amide bonds. The van der Waals surface area contributed by atoms with Gasteiger partial charge < -0.3 is 9.47 Å². The van der Waals surface area contributed by atoms with Crippen LogP contribution in [0.3, 0.4) is 0 Å². The Balaban J connectivity index is 1.78. The SMILES string of the molecule is COC(=O)C1C2COc3ccccc3C2=NC1c1ccc([N+](=O)[O-])cc1. The van der Waals surface area contributed by atoms with Gasteiger partial charge >= 0.3 is 5.97 Å². The van der Waals surface area contributed by atoms with Crippen molar-refractivity contribution >= 4 is 17.4 Å². The zero-order chi connectivity index (χ0) is 18.3. The number of esters is 1. The molecule has 0 aromatic heterocycles. The maximum Gasteiger partial charge on any atom is 0.312 e. The summed E-state index contributed by atoms with van der Waals surface area (Å²) in [7, 11) is 1.35. The number of carbonyl (C=O) groups excluding carboxylic acids is 1. The van der Waals surface area contributed by atoms with Crippen LogP contribution in [0.4, 0.5) is 5.69 Å². The Morgan fingerprint density at radius 3 is 2.65 bits per heavy atom. The van der Waals surface area contributed by atoms with Crippen molar-refractivity contribution in [1.82, 2.24) is 0 Å². The summed E-state index contributed by atoms with van der Waals surface area (Å²) in [6, 6.07) is 13.3. The highest BCUT2D eigenvalue weighted by Crippen LogP contribution is 2.45. The number of methoxy groups -OCH3 is 1. The summed E-state index contributed by atoms with van der Waals surface area (Å²) in [6.07, 6.45) is 0. The van der Waals surface area contributed by atoms with E-state index in [1.165, 1.54) is 19.2 Å². The summed E-state index contributed by atoms with van der Waals surface area (Å²) < 4.78 is 10.8. The molecule has 0 radical (unpaired) electrons. The number of fused-ring (bicyclic) bond motifs is 3. The maximum atomic E-state index is 12.5. The van der Waals surface area contributed by atoms with Gasteiger partial charge in [-0.2, -0.15) is 0 Å². The lowest BCUT2D eigenvalue weighted by Gasteiger charge is -2.27. The first-order valence-electron chi connectivity index (χ1n) is 8.22. The Morgan fingerprint density at radius 1 is 1.23 bits per heavy atom. The molecule has 3 atom stereocenters. The van der Waals surface area contributed by atoms with E-state index in [1.54, 1.807) is 12.1 Å². The molecule has 4 rings (SSSR count). The van der Waals surface area contributed by atoms with E-state index in [9.17, 15) is 14.9 Å². The normalized spacial score (nSPS) is 23.3. The first-order valence-corrected chi connectivity index (χ1v) is 8.22. The predicted molar refractivity (Wildman–Crippen MR) is 93.3 cm³/mol. The highest BCUT2D eigenvalue weighted by Gasteiger charge is 2.47. The molecule has 0 N–H and O–H groups in total. The Kier molecular flexibility index (Phi) is 3.91. The second-order valence-corrected chi connectivity index (χ2v) is 6.27. The molecule has 2 aliphatic heterocycles. The van der Waals surface area contributed by atoms with Crippen LogP contribution in [0.2, 0.25) is 0 Å². The van der Waals surface area contributed by atoms with Gasteiger partial charge in [0.1, 0.15) is 5.75 Å². The van der Waals surface area contributed by atoms with Crippen molar-refractivity contribution in [2.24, 2.45) is 16.8 Å². The Hall–Kier alpha value is -3.22. The van der Waals surface area contributed by atoms with Crippen molar-refractivity contribution in [2.45, 2.75) is 6.04 Å². The lowest BCUT2D eigenvalue weighted by Crippen LogP contribution is -2.36. The van der Waals surface area contributed by atoms with Crippen molar-refractivity contribution in [1.29, 1.82) is 0 Å². The van der Waals surface area contributed by atoms with Crippen LogP contribution in [0.25, 0.3) is 0 Å². The van der Waals surface area contributed by atoms with E-state index in [1.807, 2.05) is 24.3 Å². The lowest BCUT2D eigenvalue weighted by atomic mass is 9.81. The second kappa shape index (κ2) is 6.25. The number of aliphatic imine (C=N–C) groups is 1. The Labute approximate surface area is 149 Å². The zero-order valence-electron chi connectivity index (χ0n) is 14.0. The van der Waals surface area contributed by atoms with Crippen molar-refractivity contribution in [2.75, 3.05) is 13.7 Å². The van der Waals surface area contributed by atoms with Crippen LogP contribution in [0, 0.1) is 22.0 Å². The van der Waals surface area contributed by atoms with Crippen LogP contribution in [0.5, 0.6) is 5.75 Å². The molecule has 0 spiro atoms. The van der Waals surface area contributed by atoms with Gasteiger partial charge in [0.2, 0.25) is 0 Å². The van der Waals surface area contributed by atoms with E-state index >= 15 is 0 Å². The molecule has 26 heavy (non-hydrogen) atoms. The summed E-state index contributed by atoms with van der Waals surface area (Å²) in [4.78, 5) is 27.7. The largest absolute Gasteiger partial charge is 0.492 e. The molecule has 0 fully saturated rings. The van der Waals surface area contributed by atoms with Gasteiger partial charge in [0.05, 0.1) is 42.2 Å². The molecule has 2 aromatic carbocycles. The predicted octanol–water partition coefficient (Wildman–Crippen LogP) is 2.94. The van der Waals surface area contributed by atoms with Crippen LogP contribution >= 0.6 is 0 Å². The zero-order valence-corrected chi connectivity index (χ0v) is 14.0. The van der Waals surface area contributed by atoms with Gasteiger partial charge in [-0.05, 0) is 17.7 Å². The molecular weight excluding hydrogens is 336 g/mol. The fourth-order valence-corrected chi connectivity index (χ4v) is 3.66. The monoisotopic (exact) mass is 352 g/mol. The van der Waals surface area contributed by atoms with Gasteiger partial charge in [0.15, 0.2) is 0 Å². The minimum Gasteiger partial charge on any atom is -0.492 e. The van der Waals surface area contributed by atoms with Gasteiger partial charge in [-0.15, -0.1) is 0 Å². The molecule has 2 heterocycles. The summed E-state index contributed by atoms with van der Waals surface area (Å²) in [5, 5.41) is 10.9. The van der Waals surface area contributed by atoms with Gasteiger partial charge in [-0.1, -0.05) is 24.3 Å². The third kappa shape index (κ3) is 2.52. The first-order chi connectivity index (χ1) is 12.6. The highest BCUT2D eigenvalue weighted by atomic mass is 16.6. The molecule has 7 nitrogen and oxygen atoms in total. The molecule has 2 aliphatic rings. The number of carbonyl (C=O) groups is 1. The molecule has 0 aliphatic carbocycles. The van der Waals surface area contributed by atoms with E-state index in [4.69, 9.17) is 14.5 Å². The van der Waals surface area contributed by atoms with Crippen LogP contribution in [0.15, 0.2) is 53.5 Å². The minimum absolute atomic E-state index is 0.000105. The van der Waals surface area contributed by atoms with Gasteiger partial charge in [0.25, 0.3) is 5.69 Å². The minimum atomic E-state index is -0.523. The molecule has 0 saturated carbocycles. The molecule has 3 unspecified atom stereocenters. The van der Waals surface area contributed by atoms with Crippen molar-refractivity contribution in [3.8, 4) is 5.75 Å². The quantitative estimate of drug-likeness (QED) is 0.481. The molecule has 132 valence electrons. The fourth-order valence-electron chi connectivity index (χ4n) is 3.66. The van der Waals surface area contributed by atoms with Crippen LogP contribution < -0.4 is 4.74 Å². The van der Waals surface area contributed by atoms with E-state index in [0.29, 0.717) is 6.61 Å². The van der Waals surface area contributed by atoms with E-state index in [-0.39, 0.29) is 17.6 Å². The van der Waals surface area contributed by atoms with E-state index in [0.717, 1.165) is 22.6 Å². The lowest BCUT2D eigenvalue weighted by molar-refractivity contribution is -0.384. The number of nitrogens with zero attached hydrogens (tertiary/aromatic N) is 2. The van der Waals surface area contributed by atoms with Crippen molar-refractivity contribution < 1.29 is 19.2 Å². The maximum absolute atomic E-state index is 12.5. The Morgan fingerprint density at radius 2 is 1.96 bits per heavy atom. The number of para-hydroxylation sites is 1. The fraction of sp³-hybridized carbons (Fsp3) is 0.263. The molecule has 0 saturated heterocycles. The highest BCUT2D eigenvalue weighted by molar-refractivity contribution is 6.08. The number of nitro groups is 1. The number of nitro benzene ring substituents is 1. The van der Waals surface area contributed by atoms with Gasteiger partial charge in [0, 0.05) is 17.7 Å². The summed E-state index contributed by atoms with van der Waals surface area (Å²) in [5.41, 5.74) is 2.44. The van der Waals surface area contributed by atoms with Crippen LogP contribution in [-0.2, 0) is 9.53 Å². The second-order valence-electron chi connectivity index (χ2n) is 6.27. The molecule has 7 heteroatoms. The van der Waals surface area contributed by atoms with Gasteiger partial charge in [-0.25, -0.2) is 0 Å².